The summed E-state index contributed by atoms with van der Waals surface area (Å²) in [4.78, 5) is 12.8. The topological polar surface area (TPSA) is 94.2 Å². The summed E-state index contributed by atoms with van der Waals surface area (Å²) in [6.45, 7) is 7.97. The van der Waals surface area contributed by atoms with Crippen LogP contribution in [0.25, 0.3) is 6.08 Å². The Morgan fingerprint density at radius 3 is 2.03 bits per heavy atom. The molecule has 8 nitrogen and oxygen atoms in total. The molecule has 9 heteroatoms. The number of anilines is 1. The Labute approximate surface area is 196 Å². The molecule has 1 amide bonds. The van der Waals surface area contributed by atoms with E-state index in [1.54, 1.807) is 38.1 Å². The van der Waals surface area contributed by atoms with Gasteiger partial charge in [-0.05, 0) is 60.9 Å². The summed E-state index contributed by atoms with van der Waals surface area (Å²) in [6.07, 6.45) is 2.97. The van der Waals surface area contributed by atoms with Crippen LogP contribution in [0.1, 0.15) is 30.5 Å². The van der Waals surface area contributed by atoms with Crippen LogP contribution in [0.4, 0.5) is 5.69 Å². The third-order valence-corrected chi connectivity index (χ3v) is 7.38. The Bertz CT molecular complexity index is 1110. The lowest BCUT2D eigenvalue weighted by molar-refractivity contribution is -0.111. The fourth-order valence-electron chi connectivity index (χ4n) is 3.36. The van der Waals surface area contributed by atoms with Crippen LogP contribution in [0, 0.1) is 13.8 Å². The number of amides is 1. The first-order valence-corrected chi connectivity index (χ1v) is 12.0. The Kier molecular flexibility index (Phi) is 8.90. The van der Waals surface area contributed by atoms with E-state index < -0.39 is 15.9 Å². The van der Waals surface area contributed by atoms with Crippen molar-refractivity contribution in [3.05, 3.63) is 47.0 Å². The van der Waals surface area contributed by atoms with Gasteiger partial charge in [0.2, 0.25) is 21.7 Å². The molecule has 0 fully saturated rings. The molecule has 0 aliphatic carbocycles. The summed E-state index contributed by atoms with van der Waals surface area (Å²) < 4.78 is 43.2. The van der Waals surface area contributed by atoms with Gasteiger partial charge in [-0.25, -0.2) is 8.42 Å². The largest absolute Gasteiger partial charge is 0.493 e. The van der Waals surface area contributed by atoms with E-state index in [-0.39, 0.29) is 4.90 Å². The van der Waals surface area contributed by atoms with Gasteiger partial charge in [0.25, 0.3) is 0 Å². The maximum atomic E-state index is 12.9. The zero-order chi connectivity index (χ0) is 24.8. The molecule has 180 valence electrons. The number of nitrogens with one attached hydrogen (secondary N) is 1. The molecule has 33 heavy (non-hydrogen) atoms. The maximum absolute atomic E-state index is 12.9. The fraction of sp³-hybridized carbons (Fsp3) is 0.375. The highest BCUT2D eigenvalue weighted by molar-refractivity contribution is 7.89. The number of ether oxygens (including phenoxy) is 3. The van der Waals surface area contributed by atoms with Crippen LogP contribution in [0.15, 0.2) is 35.2 Å². The predicted molar refractivity (Wildman–Crippen MR) is 130 cm³/mol. The minimum atomic E-state index is -3.65. The molecule has 0 radical (unpaired) electrons. The highest BCUT2D eigenvalue weighted by atomic mass is 32.2. The predicted octanol–water partition coefficient (Wildman–Crippen LogP) is 4.01. The molecule has 0 saturated heterocycles. The van der Waals surface area contributed by atoms with Crippen molar-refractivity contribution in [3.63, 3.8) is 0 Å². The Hall–Kier alpha value is -3.04. The van der Waals surface area contributed by atoms with Crippen molar-refractivity contribution in [2.75, 3.05) is 39.7 Å². The van der Waals surface area contributed by atoms with Crippen molar-refractivity contribution in [1.29, 1.82) is 0 Å². The van der Waals surface area contributed by atoms with Gasteiger partial charge >= 0.3 is 0 Å². The van der Waals surface area contributed by atoms with Crippen molar-refractivity contribution in [3.8, 4) is 17.2 Å². The number of sulfonamides is 1. The van der Waals surface area contributed by atoms with Crippen LogP contribution in [0.5, 0.6) is 17.2 Å². The second-order valence-electron chi connectivity index (χ2n) is 7.28. The van der Waals surface area contributed by atoms with E-state index in [4.69, 9.17) is 14.2 Å². The monoisotopic (exact) mass is 476 g/mol. The molecule has 0 atom stereocenters. The van der Waals surface area contributed by atoms with Gasteiger partial charge in [0.1, 0.15) is 0 Å². The molecule has 1 N–H and O–H groups in total. The first-order valence-electron chi connectivity index (χ1n) is 10.5. The van der Waals surface area contributed by atoms with Gasteiger partial charge in [-0.3, -0.25) is 4.79 Å². The lowest BCUT2D eigenvalue weighted by Gasteiger charge is -2.20. The zero-order valence-electron chi connectivity index (χ0n) is 20.2. The molecule has 0 heterocycles. The number of aryl methyl sites for hydroxylation is 1. The van der Waals surface area contributed by atoms with E-state index in [9.17, 15) is 13.2 Å². The number of carbonyl (C=O) groups is 1. The summed E-state index contributed by atoms with van der Waals surface area (Å²) in [5.74, 6) is 0.998. The number of hydrogen-bond donors (Lipinski definition) is 1. The molecule has 0 aliphatic rings. The molecule has 2 aromatic rings. The maximum Gasteiger partial charge on any atom is 0.248 e. The van der Waals surface area contributed by atoms with Gasteiger partial charge < -0.3 is 19.5 Å². The van der Waals surface area contributed by atoms with Gasteiger partial charge in [-0.2, -0.15) is 4.31 Å². The van der Waals surface area contributed by atoms with E-state index in [0.717, 1.165) is 11.1 Å². The summed E-state index contributed by atoms with van der Waals surface area (Å²) in [6, 6.07) is 6.57. The van der Waals surface area contributed by atoms with Gasteiger partial charge in [-0.1, -0.05) is 13.8 Å². The van der Waals surface area contributed by atoms with Crippen molar-refractivity contribution < 1.29 is 27.4 Å². The number of nitrogens with zero attached hydrogens (tertiary/aromatic N) is 1. The Morgan fingerprint density at radius 2 is 1.55 bits per heavy atom. The highest BCUT2D eigenvalue weighted by Crippen LogP contribution is 2.38. The van der Waals surface area contributed by atoms with Crippen molar-refractivity contribution in [2.45, 2.75) is 32.6 Å². The van der Waals surface area contributed by atoms with E-state index in [1.807, 2.05) is 13.8 Å². The first-order chi connectivity index (χ1) is 15.6. The van der Waals surface area contributed by atoms with Gasteiger partial charge in [0.05, 0.1) is 26.2 Å². The van der Waals surface area contributed by atoms with E-state index in [2.05, 4.69) is 5.32 Å². The number of carbonyl (C=O) groups excluding carboxylic acids is 1. The minimum Gasteiger partial charge on any atom is -0.493 e. The van der Waals surface area contributed by atoms with Gasteiger partial charge in [0.15, 0.2) is 11.5 Å². The summed E-state index contributed by atoms with van der Waals surface area (Å²) >= 11 is 0. The fourth-order valence-corrected chi connectivity index (χ4v) is 4.93. The van der Waals surface area contributed by atoms with Gasteiger partial charge in [-0.15, -0.1) is 0 Å². The number of methoxy groups -OCH3 is 3. The quantitative estimate of drug-likeness (QED) is 0.521. The molecule has 0 aliphatic heterocycles. The summed E-state index contributed by atoms with van der Waals surface area (Å²) in [7, 11) is 0.896. The summed E-state index contributed by atoms with van der Waals surface area (Å²) in [5.41, 5.74) is 2.68. The van der Waals surface area contributed by atoms with Gasteiger partial charge in [0, 0.05) is 24.9 Å². The Morgan fingerprint density at radius 1 is 0.970 bits per heavy atom. The minimum absolute atomic E-state index is 0.151. The van der Waals surface area contributed by atoms with Crippen LogP contribution in [-0.2, 0) is 14.8 Å². The number of hydrogen-bond acceptors (Lipinski definition) is 6. The first kappa shape index (κ1) is 26.2. The molecular weight excluding hydrogens is 444 g/mol. The molecule has 0 saturated carbocycles. The zero-order valence-corrected chi connectivity index (χ0v) is 21.0. The molecule has 2 aromatic carbocycles. The summed E-state index contributed by atoms with van der Waals surface area (Å²) in [5, 5.41) is 2.79. The average Bonchev–Trinajstić information content (AvgIpc) is 2.80. The Balaban J connectivity index is 2.34. The smallest absolute Gasteiger partial charge is 0.248 e. The van der Waals surface area contributed by atoms with Crippen molar-refractivity contribution in [1.82, 2.24) is 4.31 Å². The van der Waals surface area contributed by atoms with Crippen molar-refractivity contribution in [2.24, 2.45) is 0 Å². The molecule has 0 unspecified atom stereocenters. The molecule has 0 spiro atoms. The molecule has 0 aromatic heterocycles. The third kappa shape index (κ3) is 5.85. The van der Waals surface area contributed by atoms with Crippen LogP contribution in [-0.4, -0.2) is 53.0 Å². The lowest BCUT2D eigenvalue weighted by Crippen LogP contribution is -2.30. The number of benzene rings is 2. The van der Waals surface area contributed by atoms with Crippen LogP contribution in [0.3, 0.4) is 0 Å². The van der Waals surface area contributed by atoms with Crippen molar-refractivity contribution >= 4 is 27.7 Å². The molecular formula is C24H32N2O6S. The second-order valence-corrected chi connectivity index (χ2v) is 9.22. The molecule has 0 bridgehead atoms. The average molecular weight is 477 g/mol. The third-order valence-electron chi connectivity index (χ3n) is 5.36. The van der Waals surface area contributed by atoms with Crippen LogP contribution >= 0.6 is 0 Å². The van der Waals surface area contributed by atoms with Crippen LogP contribution in [0.2, 0.25) is 0 Å². The molecule has 2 rings (SSSR count). The second kappa shape index (κ2) is 11.2. The van der Waals surface area contributed by atoms with Crippen LogP contribution < -0.4 is 19.5 Å². The SMILES string of the molecule is CCN(CC)S(=O)(=O)c1cc(C)c(C)c(NC(=O)C=Cc2cc(OC)c(OC)c(OC)c2)c1. The van der Waals surface area contributed by atoms with E-state index in [1.165, 1.54) is 37.8 Å². The lowest BCUT2D eigenvalue weighted by atomic mass is 10.1. The number of rotatable bonds is 10. The van der Waals surface area contributed by atoms with E-state index >= 15 is 0 Å². The van der Waals surface area contributed by atoms with E-state index in [0.29, 0.717) is 41.6 Å². The normalized spacial score (nSPS) is 11.6. The highest BCUT2D eigenvalue weighted by Gasteiger charge is 2.23. The standard InChI is InChI=1S/C24H32N2O6S/c1-8-26(9-2)33(28,29)19-12-16(3)17(4)20(15-19)25-23(27)11-10-18-13-21(30-5)24(32-7)22(14-18)31-6/h10-15H,8-9H2,1-7H3,(H,25,27).